The summed E-state index contributed by atoms with van der Waals surface area (Å²) in [5.41, 5.74) is 0.735. The van der Waals surface area contributed by atoms with Gasteiger partial charge in [0.25, 0.3) is 0 Å². The summed E-state index contributed by atoms with van der Waals surface area (Å²) >= 11 is 0. The molecule has 2 N–H and O–H groups in total. The molecule has 0 bridgehead atoms. The molecule has 3 rings (SSSR count). The highest BCUT2D eigenvalue weighted by Crippen LogP contribution is 2.48. The van der Waals surface area contributed by atoms with Crippen molar-refractivity contribution in [1.29, 1.82) is 0 Å². The summed E-state index contributed by atoms with van der Waals surface area (Å²) in [7, 11) is -2.42. The highest BCUT2D eigenvalue weighted by Gasteiger charge is 2.37. The van der Waals surface area contributed by atoms with E-state index in [0.717, 1.165) is 6.08 Å². The SMILES string of the molecule is COc1ccc2c(c1)[C@@H](OS(=O)(=O)[O-])[C@H](c1cc(/C=C/C(=O)O)cc(OC)c1O)CO2. The molecule has 0 radical (unpaired) electrons. The summed E-state index contributed by atoms with van der Waals surface area (Å²) in [6.07, 6.45) is 0.827. The summed E-state index contributed by atoms with van der Waals surface area (Å²) in [5, 5.41) is 19.6. The Morgan fingerprint density at radius 1 is 1.19 bits per heavy atom. The third-order valence-electron chi connectivity index (χ3n) is 4.69. The minimum absolute atomic E-state index is 0.0164. The van der Waals surface area contributed by atoms with E-state index in [4.69, 9.17) is 23.5 Å². The van der Waals surface area contributed by atoms with Gasteiger partial charge in [0.1, 0.15) is 17.6 Å². The molecular weight excluding hydrogens is 432 g/mol. The van der Waals surface area contributed by atoms with Gasteiger partial charge in [0.2, 0.25) is 10.4 Å². The van der Waals surface area contributed by atoms with E-state index in [-0.39, 0.29) is 29.2 Å². The summed E-state index contributed by atoms with van der Waals surface area (Å²) in [6.45, 7) is -0.137. The van der Waals surface area contributed by atoms with Crippen LogP contribution in [0.25, 0.3) is 6.08 Å². The van der Waals surface area contributed by atoms with Crippen molar-refractivity contribution in [3.05, 3.63) is 53.1 Å². The Kier molecular flexibility index (Phi) is 6.39. The topological polar surface area (TPSA) is 152 Å². The lowest BCUT2D eigenvalue weighted by Crippen LogP contribution is -2.28. The lowest BCUT2D eigenvalue weighted by atomic mass is 9.86. The van der Waals surface area contributed by atoms with Gasteiger partial charge in [-0.3, -0.25) is 4.18 Å². The minimum Gasteiger partial charge on any atom is -0.726 e. The number of hydrogen-bond acceptors (Lipinski definition) is 9. The average Bonchev–Trinajstić information content (AvgIpc) is 2.72. The molecule has 2 aromatic carbocycles. The first-order chi connectivity index (χ1) is 14.6. The number of phenolic OH excluding ortho intramolecular Hbond substituents is 1. The number of aromatic hydroxyl groups is 1. The number of carboxylic acids is 1. The zero-order valence-corrected chi connectivity index (χ0v) is 17.3. The van der Waals surface area contributed by atoms with Gasteiger partial charge in [-0.05, 0) is 42.0 Å². The summed E-state index contributed by atoms with van der Waals surface area (Å²) < 4.78 is 55.3. The van der Waals surface area contributed by atoms with Crippen molar-refractivity contribution in [2.45, 2.75) is 12.0 Å². The molecule has 1 aliphatic rings. The van der Waals surface area contributed by atoms with Gasteiger partial charge in [0.15, 0.2) is 11.5 Å². The molecule has 11 heteroatoms. The molecular formula is C20H19O10S-. The molecule has 0 saturated heterocycles. The predicted molar refractivity (Wildman–Crippen MR) is 106 cm³/mol. The Labute approximate surface area is 178 Å². The van der Waals surface area contributed by atoms with Crippen LogP contribution in [0.15, 0.2) is 36.4 Å². The van der Waals surface area contributed by atoms with Crippen LogP contribution in [0.1, 0.15) is 28.7 Å². The van der Waals surface area contributed by atoms with E-state index < -0.39 is 28.4 Å². The van der Waals surface area contributed by atoms with Crippen molar-refractivity contribution in [2.24, 2.45) is 0 Å². The van der Waals surface area contributed by atoms with Crippen LogP contribution in [0.5, 0.6) is 23.0 Å². The molecule has 0 aliphatic carbocycles. The van der Waals surface area contributed by atoms with Crippen LogP contribution in [0.3, 0.4) is 0 Å². The Balaban J connectivity index is 2.17. The van der Waals surface area contributed by atoms with Gasteiger partial charge in [-0.2, -0.15) is 0 Å². The van der Waals surface area contributed by atoms with Crippen molar-refractivity contribution >= 4 is 22.4 Å². The molecule has 31 heavy (non-hydrogen) atoms. The number of hydrogen-bond donors (Lipinski definition) is 2. The van der Waals surface area contributed by atoms with Gasteiger partial charge in [-0.25, -0.2) is 13.2 Å². The minimum atomic E-state index is -5.14. The number of aliphatic carboxylic acids is 1. The highest BCUT2D eigenvalue weighted by molar-refractivity contribution is 7.80. The number of ether oxygens (including phenoxy) is 3. The maximum atomic E-state index is 11.5. The number of phenols is 1. The molecule has 0 spiro atoms. The van der Waals surface area contributed by atoms with E-state index in [9.17, 15) is 22.9 Å². The van der Waals surface area contributed by atoms with E-state index >= 15 is 0 Å². The first-order valence-electron chi connectivity index (χ1n) is 8.89. The second-order valence-corrected chi connectivity index (χ2v) is 7.59. The number of fused-ring (bicyclic) bond motifs is 1. The number of benzene rings is 2. The largest absolute Gasteiger partial charge is 0.726 e. The molecule has 0 fully saturated rings. The first-order valence-corrected chi connectivity index (χ1v) is 10.2. The molecule has 2 atom stereocenters. The van der Waals surface area contributed by atoms with Crippen LogP contribution in [0.4, 0.5) is 0 Å². The molecule has 10 nitrogen and oxygen atoms in total. The number of carbonyl (C=O) groups is 1. The zero-order valence-electron chi connectivity index (χ0n) is 16.5. The first kappa shape index (κ1) is 22.4. The van der Waals surface area contributed by atoms with Gasteiger partial charge in [-0.1, -0.05) is 0 Å². The van der Waals surface area contributed by atoms with E-state index in [0.29, 0.717) is 17.1 Å². The number of carboxylic acid groups (broad SMARTS) is 1. The summed E-state index contributed by atoms with van der Waals surface area (Å²) in [6, 6.07) is 7.45. The third kappa shape index (κ3) is 5.08. The Morgan fingerprint density at radius 3 is 2.55 bits per heavy atom. The van der Waals surface area contributed by atoms with E-state index in [1.807, 2.05) is 0 Å². The van der Waals surface area contributed by atoms with Crippen molar-refractivity contribution in [2.75, 3.05) is 20.8 Å². The normalized spacial score (nSPS) is 18.3. The Bertz CT molecular complexity index is 1120. The van der Waals surface area contributed by atoms with Crippen molar-refractivity contribution in [1.82, 2.24) is 0 Å². The third-order valence-corrected chi connectivity index (χ3v) is 5.14. The second-order valence-electron chi connectivity index (χ2n) is 6.58. The van der Waals surface area contributed by atoms with Crippen LogP contribution in [-0.4, -0.2) is 50.0 Å². The number of rotatable bonds is 7. The van der Waals surface area contributed by atoms with E-state index in [2.05, 4.69) is 0 Å². The molecule has 0 amide bonds. The number of methoxy groups -OCH3 is 2. The lowest BCUT2D eigenvalue weighted by Gasteiger charge is -2.34. The Hall–Kier alpha value is -3.28. The van der Waals surface area contributed by atoms with Crippen molar-refractivity contribution < 1.29 is 46.4 Å². The van der Waals surface area contributed by atoms with Crippen molar-refractivity contribution in [3.63, 3.8) is 0 Å². The average molecular weight is 451 g/mol. The smallest absolute Gasteiger partial charge is 0.328 e. The van der Waals surface area contributed by atoms with E-state index in [1.165, 1.54) is 38.5 Å². The van der Waals surface area contributed by atoms with Crippen molar-refractivity contribution in [3.8, 4) is 23.0 Å². The zero-order chi connectivity index (χ0) is 22.8. The van der Waals surface area contributed by atoms with E-state index in [1.54, 1.807) is 12.1 Å². The molecule has 0 saturated carbocycles. The predicted octanol–water partition coefficient (Wildman–Crippen LogP) is 2.20. The Morgan fingerprint density at radius 2 is 1.94 bits per heavy atom. The fraction of sp³-hybridized carbons (Fsp3) is 0.250. The van der Waals surface area contributed by atoms with Crippen LogP contribution >= 0.6 is 0 Å². The molecule has 1 heterocycles. The van der Waals surface area contributed by atoms with Crippen LogP contribution in [0, 0.1) is 0 Å². The maximum Gasteiger partial charge on any atom is 0.328 e. The standard InChI is InChI=1S/C20H20O10S/c1-27-12-4-5-16-14(9-12)20(30-31(24,25)26)15(10-29-16)13-7-11(3-6-18(21)22)8-17(28-2)19(13)23/h3-9,15,20,23H,10H2,1-2H3,(H,21,22)(H,24,25,26)/p-1/b6-3+/t15-,20+/m0/s1. The summed E-state index contributed by atoms with van der Waals surface area (Å²) in [5.74, 6) is -1.78. The van der Waals surface area contributed by atoms with Crippen LogP contribution in [-0.2, 0) is 19.4 Å². The summed E-state index contributed by atoms with van der Waals surface area (Å²) in [4.78, 5) is 10.9. The fourth-order valence-electron chi connectivity index (χ4n) is 3.34. The molecule has 1 aliphatic heterocycles. The molecule has 2 aromatic rings. The van der Waals surface area contributed by atoms with Gasteiger partial charge < -0.3 is 29.0 Å². The van der Waals surface area contributed by atoms with Gasteiger partial charge in [-0.15, -0.1) is 0 Å². The highest BCUT2D eigenvalue weighted by atomic mass is 32.3. The monoisotopic (exact) mass is 451 g/mol. The van der Waals surface area contributed by atoms with Gasteiger partial charge in [0.05, 0.1) is 26.7 Å². The van der Waals surface area contributed by atoms with Gasteiger partial charge in [0, 0.05) is 17.2 Å². The second kappa shape index (κ2) is 8.84. The quantitative estimate of drug-likeness (QED) is 0.364. The molecule has 0 aromatic heterocycles. The maximum absolute atomic E-state index is 11.5. The fourth-order valence-corrected chi connectivity index (χ4v) is 3.84. The molecule has 166 valence electrons. The van der Waals surface area contributed by atoms with Crippen LogP contribution in [0.2, 0.25) is 0 Å². The van der Waals surface area contributed by atoms with Crippen LogP contribution < -0.4 is 14.2 Å². The molecule has 0 unspecified atom stereocenters. The lowest BCUT2D eigenvalue weighted by molar-refractivity contribution is -0.131. The van der Waals surface area contributed by atoms with Gasteiger partial charge >= 0.3 is 5.97 Å².